The highest BCUT2D eigenvalue weighted by molar-refractivity contribution is 7.99. The number of hydrogen-bond donors (Lipinski definition) is 3. The lowest BCUT2D eigenvalue weighted by Gasteiger charge is -2.36. The van der Waals surface area contributed by atoms with Crippen LogP contribution in [-0.4, -0.2) is 57.5 Å². The summed E-state index contributed by atoms with van der Waals surface area (Å²) in [6, 6.07) is 39.8. The number of carbonyl (C=O) groups is 1. The van der Waals surface area contributed by atoms with E-state index in [0.29, 0.717) is 17.3 Å². The number of benzene rings is 5. The summed E-state index contributed by atoms with van der Waals surface area (Å²) in [4.78, 5) is 13.7. The summed E-state index contributed by atoms with van der Waals surface area (Å²) in [5.41, 5.74) is 6.02. The lowest BCUT2D eigenvalue weighted by Crippen LogP contribution is -2.47. The Morgan fingerprint density at radius 2 is 1.50 bits per heavy atom. The number of sulfonamides is 1. The van der Waals surface area contributed by atoms with Gasteiger partial charge in [-0.2, -0.15) is 9.40 Å². The van der Waals surface area contributed by atoms with E-state index in [4.69, 9.17) is 9.47 Å². The topological polar surface area (TPSA) is 158 Å². The first-order valence-corrected chi connectivity index (χ1v) is 20.7. The van der Waals surface area contributed by atoms with Gasteiger partial charge >= 0.3 is 0 Å². The molecule has 4 atom stereocenters. The molecule has 7 rings (SSSR count). The van der Waals surface area contributed by atoms with Gasteiger partial charge in [0, 0.05) is 24.3 Å². The molecule has 0 radical (unpaired) electrons. The Hall–Kier alpha value is -5.22. The fourth-order valence-corrected chi connectivity index (χ4v) is 8.41. The van der Waals surface area contributed by atoms with Crippen LogP contribution in [0, 0.1) is 6.92 Å². The normalized spacial score (nSPS) is 17.6. The Bertz CT molecular complexity index is 2290. The van der Waals surface area contributed by atoms with Gasteiger partial charge in [-0.05, 0) is 70.3 Å². The number of nitrogens with one attached hydrogen (secondary N) is 2. The molecule has 288 valence electrons. The van der Waals surface area contributed by atoms with Gasteiger partial charge in [0.05, 0.1) is 29.4 Å². The molecule has 5 aromatic carbocycles. The zero-order valence-corrected chi connectivity index (χ0v) is 32.3. The summed E-state index contributed by atoms with van der Waals surface area (Å²) in [6.45, 7) is 2.01. The molecule has 56 heavy (non-hydrogen) atoms. The van der Waals surface area contributed by atoms with Crippen molar-refractivity contribution in [3.8, 4) is 5.69 Å². The number of amides is 1. The van der Waals surface area contributed by atoms with Crippen LogP contribution in [0.3, 0.4) is 0 Å². The Kier molecular flexibility index (Phi) is 12.7. The minimum absolute atomic E-state index is 0.0452. The van der Waals surface area contributed by atoms with Crippen LogP contribution in [0.5, 0.6) is 0 Å². The second-order valence-corrected chi connectivity index (χ2v) is 16.2. The third-order valence-electron chi connectivity index (χ3n) is 9.40. The first-order valence-electron chi connectivity index (χ1n) is 18.2. The SMILES string of the molecule is Cc1ccc(S(=O)(=O)N[C@H](Cc2ccccc2)C(=O)NCc2ccc([C@@H]3O[C@H](CSc4nnnn4-c4ccccc4)C[C@H](c4ccc(CO)cc4)O3)cc2)cc1. The Morgan fingerprint density at radius 3 is 2.20 bits per heavy atom. The molecular formula is C42H42N6O6S2. The van der Waals surface area contributed by atoms with Crippen LogP contribution < -0.4 is 10.0 Å². The van der Waals surface area contributed by atoms with Gasteiger partial charge in [0.25, 0.3) is 0 Å². The van der Waals surface area contributed by atoms with Crippen molar-refractivity contribution in [2.24, 2.45) is 0 Å². The first kappa shape index (κ1) is 39.0. The summed E-state index contributed by atoms with van der Waals surface area (Å²) in [5.74, 6) is 0.126. The first-order chi connectivity index (χ1) is 27.2. The number of thioether (sulfide) groups is 1. The zero-order valence-electron chi connectivity index (χ0n) is 30.6. The molecule has 6 aromatic rings. The van der Waals surface area contributed by atoms with Crippen molar-refractivity contribution in [3.63, 3.8) is 0 Å². The number of aromatic nitrogens is 4. The maximum Gasteiger partial charge on any atom is 0.241 e. The van der Waals surface area contributed by atoms with Gasteiger partial charge in [-0.15, -0.1) is 5.10 Å². The number of aliphatic hydroxyl groups excluding tert-OH is 1. The second-order valence-electron chi connectivity index (χ2n) is 13.5. The van der Waals surface area contributed by atoms with Crippen LogP contribution in [0.25, 0.3) is 5.69 Å². The van der Waals surface area contributed by atoms with Gasteiger partial charge in [0.2, 0.25) is 21.1 Å². The van der Waals surface area contributed by atoms with Crippen LogP contribution in [0.2, 0.25) is 0 Å². The maximum atomic E-state index is 13.6. The zero-order chi connectivity index (χ0) is 38.9. The lowest BCUT2D eigenvalue weighted by molar-refractivity contribution is -0.245. The van der Waals surface area contributed by atoms with Gasteiger partial charge in [-0.3, -0.25) is 4.79 Å². The van der Waals surface area contributed by atoms with Gasteiger partial charge in [0.1, 0.15) is 6.04 Å². The molecule has 0 bridgehead atoms. The number of hydrogen-bond acceptors (Lipinski definition) is 10. The van der Waals surface area contributed by atoms with E-state index in [0.717, 1.165) is 39.1 Å². The molecule has 0 unspecified atom stereocenters. The molecule has 1 aliphatic heterocycles. The molecule has 12 nitrogen and oxygen atoms in total. The predicted molar refractivity (Wildman–Crippen MR) is 212 cm³/mol. The van der Waals surface area contributed by atoms with E-state index in [-0.39, 0.29) is 36.7 Å². The maximum absolute atomic E-state index is 13.6. The fourth-order valence-electron chi connectivity index (χ4n) is 6.31. The number of rotatable bonds is 15. The summed E-state index contributed by atoms with van der Waals surface area (Å²) in [7, 11) is -3.97. The highest BCUT2D eigenvalue weighted by Gasteiger charge is 2.33. The van der Waals surface area contributed by atoms with Gasteiger partial charge in [0.15, 0.2) is 6.29 Å². The largest absolute Gasteiger partial charge is 0.392 e. The average Bonchev–Trinajstić information content (AvgIpc) is 3.71. The summed E-state index contributed by atoms with van der Waals surface area (Å²) in [5, 5.41) is 25.5. The monoisotopic (exact) mass is 790 g/mol. The van der Waals surface area contributed by atoms with Crippen molar-refractivity contribution in [1.29, 1.82) is 0 Å². The number of nitrogens with zero attached hydrogens (tertiary/aromatic N) is 4. The van der Waals surface area contributed by atoms with E-state index in [9.17, 15) is 18.3 Å². The van der Waals surface area contributed by atoms with Crippen molar-refractivity contribution < 1.29 is 27.8 Å². The smallest absolute Gasteiger partial charge is 0.241 e. The van der Waals surface area contributed by atoms with Crippen LogP contribution in [0.1, 0.15) is 52.2 Å². The number of ether oxygens (including phenoxy) is 2. The summed E-state index contributed by atoms with van der Waals surface area (Å²) < 4.78 is 44.0. The lowest BCUT2D eigenvalue weighted by atomic mass is 10.0. The quantitative estimate of drug-likeness (QED) is 0.105. The summed E-state index contributed by atoms with van der Waals surface area (Å²) >= 11 is 1.50. The van der Waals surface area contributed by atoms with Crippen LogP contribution in [0.4, 0.5) is 0 Å². The molecule has 1 fully saturated rings. The number of aliphatic hydroxyl groups is 1. The summed E-state index contributed by atoms with van der Waals surface area (Å²) in [6.07, 6.45) is -0.404. The van der Waals surface area contributed by atoms with Crippen LogP contribution >= 0.6 is 11.8 Å². The molecule has 1 amide bonds. The molecule has 1 aliphatic rings. The predicted octanol–water partition coefficient (Wildman–Crippen LogP) is 6.01. The molecule has 1 aromatic heterocycles. The molecule has 0 saturated carbocycles. The minimum atomic E-state index is -3.97. The van der Waals surface area contributed by atoms with E-state index < -0.39 is 28.3 Å². The molecule has 2 heterocycles. The van der Waals surface area contributed by atoms with Crippen LogP contribution in [0.15, 0.2) is 144 Å². The number of para-hydroxylation sites is 1. The highest BCUT2D eigenvalue weighted by atomic mass is 32.2. The average molecular weight is 791 g/mol. The van der Waals surface area contributed by atoms with Crippen molar-refractivity contribution in [1.82, 2.24) is 30.2 Å². The van der Waals surface area contributed by atoms with Crippen molar-refractivity contribution in [2.75, 3.05) is 5.75 Å². The van der Waals surface area contributed by atoms with Crippen LogP contribution in [-0.2, 0) is 43.9 Å². The number of carbonyl (C=O) groups excluding carboxylic acids is 1. The molecule has 0 spiro atoms. The Labute approximate surface area is 330 Å². The molecule has 14 heteroatoms. The standard InChI is InChI=1S/C42H42N6O6S2/c1-29-12-22-37(23-13-29)56(51,52)45-38(24-30-8-4-2-5-9-30)40(50)43-26-31-14-20-34(21-15-31)41-53-36(25-39(54-41)33-18-16-32(27-49)17-19-33)28-55-42-44-46-47-48(42)35-10-6-3-7-11-35/h2-23,36,38-39,41,45,49H,24-28H2,1H3,(H,43,50)/t36-,38+,39+,41+/m0/s1. The van der Waals surface area contributed by atoms with Crippen molar-refractivity contribution in [2.45, 2.75) is 67.5 Å². The van der Waals surface area contributed by atoms with E-state index in [1.165, 1.54) is 23.9 Å². The number of aryl methyl sites for hydroxylation is 1. The Balaban J connectivity index is 1.03. The third kappa shape index (κ3) is 9.95. The van der Waals surface area contributed by atoms with E-state index in [1.807, 2.05) is 116 Å². The molecule has 3 N–H and O–H groups in total. The van der Waals surface area contributed by atoms with Gasteiger partial charge in [-0.1, -0.05) is 127 Å². The van der Waals surface area contributed by atoms with E-state index >= 15 is 0 Å². The molecule has 0 aliphatic carbocycles. The van der Waals surface area contributed by atoms with E-state index in [2.05, 4.69) is 25.6 Å². The van der Waals surface area contributed by atoms with Crippen molar-refractivity contribution >= 4 is 27.7 Å². The third-order valence-corrected chi connectivity index (χ3v) is 11.9. The molecular weight excluding hydrogens is 749 g/mol. The number of tetrazole rings is 1. The minimum Gasteiger partial charge on any atom is -0.392 e. The molecule has 1 saturated heterocycles. The van der Waals surface area contributed by atoms with E-state index in [1.54, 1.807) is 16.8 Å². The van der Waals surface area contributed by atoms with Crippen molar-refractivity contribution in [3.05, 3.63) is 167 Å². The van der Waals surface area contributed by atoms with Gasteiger partial charge < -0.3 is 19.9 Å². The Morgan fingerprint density at radius 1 is 0.839 bits per heavy atom. The highest BCUT2D eigenvalue weighted by Crippen LogP contribution is 2.39. The second kappa shape index (κ2) is 18.2. The fraction of sp³-hybridized carbons (Fsp3) is 0.238. The van der Waals surface area contributed by atoms with Gasteiger partial charge in [-0.25, -0.2) is 8.42 Å².